The molecular weight excluding hydrogens is 256 g/mol. The summed E-state index contributed by atoms with van der Waals surface area (Å²) in [7, 11) is 0. The fourth-order valence-electron chi connectivity index (χ4n) is 1.31. The van der Waals surface area contributed by atoms with Crippen LogP contribution in [0.1, 0.15) is 31.5 Å². The molecule has 0 aromatic carbocycles. The summed E-state index contributed by atoms with van der Waals surface area (Å²) in [6.45, 7) is 10.9. The third-order valence-electron chi connectivity index (χ3n) is 2.12. The lowest BCUT2D eigenvalue weighted by Gasteiger charge is -2.14. The topological polar surface area (TPSA) is 34.2 Å². The van der Waals surface area contributed by atoms with Crippen molar-refractivity contribution in [3.05, 3.63) is 16.1 Å². The average Bonchev–Trinajstić information content (AvgIpc) is 2.61. The molecule has 0 aliphatic carbocycles. The fourth-order valence-corrected chi connectivity index (χ4v) is 1.92. The summed E-state index contributed by atoms with van der Waals surface area (Å²) in [6.07, 6.45) is 0. The monoisotopic (exact) mass is 278 g/mol. The number of nitrogens with zero attached hydrogens (tertiary/aromatic N) is 1. The lowest BCUT2D eigenvalue weighted by atomic mass is 10.2. The molecule has 1 aromatic heterocycles. The van der Waals surface area contributed by atoms with Crippen molar-refractivity contribution in [2.75, 3.05) is 13.2 Å². The second-order valence-electron chi connectivity index (χ2n) is 4.57. The number of ether oxygens (including phenoxy) is 1. The highest BCUT2D eigenvalue weighted by Crippen LogP contribution is 2.07. The number of halogens is 1. The number of aromatic nitrogens is 1. The van der Waals surface area contributed by atoms with Gasteiger partial charge in [0.1, 0.15) is 0 Å². The summed E-state index contributed by atoms with van der Waals surface area (Å²) in [4.78, 5) is 4.41. The molecule has 0 spiro atoms. The molecule has 0 saturated heterocycles. The highest BCUT2D eigenvalue weighted by atomic mass is 35.5. The van der Waals surface area contributed by atoms with Crippen LogP contribution >= 0.6 is 23.7 Å². The third kappa shape index (κ3) is 7.71. The van der Waals surface area contributed by atoms with Gasteiger partial charge in [0, 0.05) is 24.6 Å². The molecule has 17 heavy (non-hydrogen) atoms. The van der Waals surface area contributed by atoms with Crippen LogP contribution in [-0.2, 0) is 11.3 Å². The zero-order chi connectivity index (χ0) is 12.0. The largest absolute Gasteiger partial charge is 0.380 e. The first-order valence-corrected chi connectivity index (χ1v) is 6.68. The molecule has 0 radical (unpaired) electrons. The summed E-state index contributed by atoms with van der Waals surface area (Å²) in [5, 5.41) is 6.63. The van der Waals surface area contributed by atoms with Crippen LogP contribution in [0.15, 0.2) is 5.38 Å². The van der Waals surface area contributed by atoms with Crippen molar-refractivity contribution in [1.29, 1.82) is 0 Å². The van der Waals surface area contributed by atoms with E-state index in [2.05, 4.69) is 36.5 Å². The van der Waals surface area contributed by atoms with Crippen molar-refractivity contribution < 1.29 is 4.74 Å². The van der Waals surface area contributed by atoms with Gasteiger partial charge < -0.3 is 10.1 Å². The van der Waals surface area contributed by atoms with E-state index < -0.39 is 0 Å². The molecule has 1 rings (SSSR count). The Labute approximate surface area is 114 Å². The number of hydrogen-bond donors (Lipinski definition) is 1. The molecule has 0 saturated carbocycles. The van der Waals surface area contributed by atoms with Crippen molar-refractivity contribution in [2.24, 2.45) is 5.92 Å². The summed E-state index contributed by atoms with van der Waals surface area (Å²) in [5.41, 5.74) is 1.12. The van der Waals surface area contributed by atoms with Gasteiger partial charge in [0.2, 0.25) is 0 Å². The van der Waals surface area contributed by atoms with E-state index in [0.717, 1.165) is 30.5 Å². The van der Waals surface area contributed by atoms with Crippen LogP contribution in [0.3, 0.4) is 0 Å². The minimum atomic E-state index is 0. The molecule has 1 heterocycles. The minimum Gasteiger partial charge on any atom is -0.380 e. The maximum absolute atomic E-state index is 5.57. The highest BCUT2D eigenvalue weighted by molar-refractivity contribution is 7.09. The third-order valence-corrected chi connectivity index (χ3v) is 2.94. The van der Waals surface area contributed by atoms with Crippen molar-refractivity contribution in [2.45, 2.75) is 40.3 Å². The van der Waals surface area contributed by atoms with Gasteiger partial charge in [-0.25, -0.2) is 4.98 Å². The molecule has 1 aromatic rings. The van der Waals surface area contributed by atoms with E-state index in [9.17, 15) is 0 Å². The van der Waals surface area contributed by atoms with E-state index in [-0.39, 0.29) is 12.4 Å². The Morgan fingerprint density at radius 3 is 2.59 bits per heavy atom. The molecule has 1 unspecified atom stereocenters. The van der Waals surface area contributed by atoms with Gasteiger partial charge in [-0.2, -0.15) is 0 Å². The Morgan fingerprint density at radius 1 is 1.35 bits per heavy atom. The second-order valence-corrected chi connectivity index (χ2v) is 5.63. The lowest BCUT2D eigenvalue weighted by Crippen LogP contribution is -2.30. The van der Waals surface area contributed by atoms with Gasteiger partial charge in [-0.3, -0.25) is 0 Å². The molecule has 1 N–H and O–H groups in total. The Hall–Kier alpha value is -0.160. The molecule has 0 bridgehead atoms. The fraction of sp³-hybridized carbons (Fsp3) is 0.750. The van der Waals surface area contributed by atoms with E-state index in [1.54, 1.807) is 11.3 Å². The van der Waals surface area contributed by atoms with Crippen LogP contribution in [0, 0.1) is 12.8 Å². The van der Waals surface area contributed by atoms with Gasteiger partial charge in [-0.05, 0) is 19.8 Å². The summed E-state index contributed by atoms with van der Waals surface area (Å²) in [6, 6.07) is 0.376. The van der Waals surface area contributed by atoms with Crippen LogP contribution in [-0.4, -0.2) is 24.2 Å². The minimum absolute atomic E-state index is 0. The smallest absolute Gasteiger partial charge is 0.0897 e. The van der Waals surface area contributed by atoms with Crippen LogP contribution in [0.5, 0.6) is 0 Å². The highest BCUT2D eigenvalue weighted by Gasteiger charge is 2.04. The Kier molecular flexibility index (Phi) is 8.78. The maximum Gasteiger partial charge on any atom is 0.0897 e. The lowest BCUT2D eigenvalue weighted by molar-refractivity contribution is 0.0934. The van der Waals surface area contributed by atoms with Crippen LogP contribution in [0.4, 0.5) is 0 Å². The molecule has 1 atom stereocenters. The number of hydrogen-bond acceptors (Lipinski definition) is 4. The van der Waals surface area contributed by atoms with Gasteiger partial charge in [-0.15, -0.1) is 23.7 Å². The zero-order valence-corrected chi connectivity index (χ0v) is 12.7. The molecule has 100 valence electrons. The molecule has 0 aliphatic heterocycles. The van der Waals surface area contributed by atoms with E-state index in [4.69, 9.17) is 4.74 Å². The Morgan fingerprint density at radius 2 is 2.06 bits per heavy atom. The quantitative estimate of drug-likeness (QED) is 0.832. The van der Waals surface area contributed by atoms with Crippen LogP contribution in [0.2, 0.25) is 0 Å². The molecule has 0 amide bonds. The van der Waals surface area contributed by atoms with Gasteiger partial charge in [0.05, 0.1) is 17.3 Å². The Balaban J connectivity index is 0.00000256. The summed E-state index contributed by atoms with van der Waals surface area (Å²) < 4.78 is 5.57. The predicted octanol–water partition coefficient (Wildman–Crippen LogP) is 3.02. The first-order valence-electron chi connectivity index (χ1n) is 5.80. The van der Waals surface area contributed by atoms with Gasteiger partial charge in [-0.1, -0.05) is 13.8 Å². The van der Waals surface area contributed by atoms with Crippen molar-refractivity contribution in [1.82, 2.24) is 10.3 Å². The van der Waals surface area contributed by atoms with Crippen molar-refractivity contribution in [3.63, 3.8) is 0 Å². The number of nitrogens with one attached hydrogen (secondary N) is 1. The zero-order valence-electron chi connectivity index (χ0n) is 11.0. The average molecular weight is 279 g/mol. The standard InChI is InChI=1S/C12H22N2OS.ClH/c1-9(2)6-15-7-10(3)13-5-12-8-16-11(4)14-12;/h8-10,13H,5-7H2,1-4H3;1H. The summed E-state index contributed by atoms with van der Waals surface area (Å²) in [5.74, 6) is 0.605. The number of aryl methyl sites for hydroxylation is 1. The van der Waals surface area contributed by atoms with Crippen molar-refractivity contribution >= 4 is 23.7 Å². The van der Waals surface area contributed by atoms with Crippen LogP contribution < -0.4 is 5.32 Å². The summed E-state index contributed by atoms with van der Waals surface area (Å²) >= 11 is 1.70. The van der Waals surface area contributed by atoms with Gasteiger partial charge >= 0.3 is 0 Å². The molecule has 3 nitrogen and oxygen atoms in total. The normalized spacial score (nSPS) is 12.5. The van der Waals surface area contributed by atoms with Gasteiger partial charge in [0.15, 0.2) is 0 Å². The SMILES string of the molecule is Cc1nc(CNC(C)COCC(C)C)cs1.Cl. The van der Waals surface area contributed by atoms with Gasteiger partial charge in [0.25, 0.3) is 0 Å². The maximum atomic E-state index is 5.57. The molecule has 0 aliphatic rings. The first-order chi connectivity index (χ1) is 7.58. The van der Waals surface area contributed by atoms with E-state index in [1.807, 2.05) is 6.92 Å². The van der Waals surface area contributed by atoms with E-state index in [0.29, 0.717) is 12.0 Å². The molecule has 0 fully saturated rings. The molecular formula is C12H23ClN2OS. The Bertz CT molecular complexity index is 304. The van der Waals surface area contributed by atoms with E-state index in [1.165, 1.54) is 0 Å². The van der Waals surface area contributed by atoms with Crippen molar-refractivity contribution in [3.8, 4) is 0 Å². The molecule has 5 heteroatoms. The predicted molar refractivity (Wildman–Crippen MR) is 76.1 cm³/mol. The van der Waals surface area contributed by atoms with Crippen LogP contribution in [0.25, 0.3) is 0 Å². The first kappa shape index (κ1) is 16.8. The van der Waals surface area contributed by atoms with E-state index >= 15 is 0 Å². The number of thiazole rings is 1. The second kappa shape index (κ2) is 8.86. The number of rotatable bonds is 7.